The van der Waals surface area contributed by atoms with Crippen LogP contribution in [0.4, 0.5) is 13.2 Å². The molecule has 0 unspecified atom stereocenters. The first kappa shape index (κ1) is 21.0. The third-order valence-electron chi connectivity index (χ3n) is 4.93. The average Bonchev–Trinajstić information content (AvgIpc) is 2.64. The predicted octanol–water partition coefficient (Wildman–Crippen LogP) is 4.66. The number of nitrogens with one attached hydrogen (secondary N) is 1. The van der Waals surface area contributed by atoms with Gasteiger partial charge in [-0.15, -0.1) is 13.2 Å². The Hall–Kier alpha value is -1.77. The maximum Gasteiger partial charge on any atom is 0.573 e. The highest BCUT2D eigenvalue weighted by molar-refractivity contribution is 9.10. The normalized spacial score (nSPS) is 16.8. The first-order chi connectivity index (χ1) is 13.2. The molecular formula is C20H22BrF3N2O2. The van der Waals surface area contributed by atoms with Crippen molar-refractivity contribution in [2.45, 2.75) is 26.3 Å². The van der Waals surface area contributed by atoms with E-state index in [4.69, 9.17) is 0 Å². The number of benzene rings is 2. The third-order valence-corrected chi connectivity index (χ3v) is 6.15. The van der Waals surface area contributed by atoms with Crippen molar-refractivity contribution in [2.24, 2.45) is 0 Å². The highest BCUT2D eigenvalue weighted by Gasteiger charge is 2.32. The Bertz CT molecular complexity index is 835. The van der Waals surface area contributed by atoms with Gasteiger partial charge < -0.3 is 15.2 Å². The first-order valence-electron chi connectivity index (χ1n) is 8.96. The van der Waals surface area contributed by atoms with E-state index in [1.165, 1.54) is 12.1 Å². The molecule has 0 aliphatic carbocycles. The van der Waals surface area contributed by atoms with Gasteiger partial charge in [0.05, 0.1) is 6.04 Å². The number of aromatic hydroxyl groups is 1. The van der Waals surface area contributed by atoms with Crippen molar-refractivity contribution >= 4 is 15.9 Å². The van der Waals surface area contributed by atoms with E-state index in [0.717, 1.165) is 52.9 Å². The second kappa shape index (κ2) is 8.31. The van der Waals surface area contributed by atoms with E-state index in [0.29, 0.717) is 0 Å². The molecule has 2 aromatic rings. The molecule has 1 aliphatic rings. The quantitative estimate of drug-likeness (QED) is 0.698. The molecule has 28 heavy (non-hydrogen) atoms. The van der Waals surface area contributed by atoms with Gasteiger partial charge in [0.25, 0.3) is 0 Å². The fraction of sp³-hybridized carbons (Fsp3) is 0.400. The van der Waals surface area contributed by atoms with Gasteiger partial charge in [-0.1, -0.05) is 28.1 Å². The van der Waals surface area contributed by atoms with Gasteiger partial charge in [0, 0.05) is 36.2 Å². The van der Waals surface area contributed by atoms with Crippen molar-refractivity contribution in [1.82, 2.24) is 10.2 Å². The lowest BCUT2D eigenvalue weighted by Crippen LogP contribution is -2.45. The fourth-order valence-corrected chi connectivity index (χ4v) is 3.98. The van der Waals surface area contributed by atoms with Crippen molar-refractivity contribution in [3.8, 4) is 11.5 Å². The molecule has 4 nitrogen and oxygen atoms in total. The van der Waals surface area contributed by atoms with Crippen molar-refractivity contribution in [1.29, 1.82) is 0 Å². The number of piperazine rings is 1. The van der Waals surface area contributed by atoms with Crippen LogP contribution in [0.3, 0.4) is 0 Å². The van der Waals surface area contributed by atoms with Crippen LogP contribution in [0.5, 0.6) is 11.5 Å². The largest absolute Gasteiger partial charge is 0.573 e. The Balaban J connectivity index is 2.05. The zero-order valence-electron chi connectivity index (χ0n) is 15.6. The molecule has 1 atom stereocenters. The highest BCUT2D eigenvalue weighted by Crippen LogP contribution is 2.41. The molecule has 0 aromatic heterocycles. The lowest BCUT2D eigenvalue weighted by Gasteiger charge is -2.37. The molecule has 152 valence electrons. The average molecular weight is 459 g/mol. The molecule has 0 bridgehead atoms. The van der Waals surface area contributed by atoms with Gasteiger partial charge in [-0.05, 0) is 48.7 Å². The first-order valence-corrected chi connectivity index (χ1v) is 9.75. The molecule has 2 aromatic carbocycles. The zero-order chi connectivity index (χ0) is 20.5. The van der Waals surface area contributed by atoms with E-state index in [2.05, 4.69) is 30.9 Å². The van der Waals surface area contributed by atoms with E-state index in [1.54, 1.807) is 18.2 Å². The fourth-order valence-electron chi connectivity index (χ4n) is 3.65. The van der Waals surface area contributed by atoms with Crippen LogP contribution in [0.2, 0.25) is 0 Å². The lowest BCUT2D eigenvalue weighted by atomic mass is 9.91. The summed E-state index contributed by atoms with van der Waals surface area (Å²) in [7, 11) is 0. The van der Waals surface area contributed by atoms with Gasteiger partial charge in [-0.2, -0.15) is 0 Å². The number of phenols is 1. The van der Waals surface area contributed by atoms with Gasteiger partial charge in [-0.25, -0.2) is 0 Å². The third kappa shape index (κ3) is 4.61. The molecule has 2 N–H and O–H groups in total. The molecule has 1 saturated heterocycles. The van der Waals surface area contributed by atoms with E-state index in [9.17, 15) is 18.3 Å². The number of phenolic OH excluding ortho intramolecular Hbond substituents is 1. The van der Waals surface area contributed by atoms with E-state index < -0.39 is 6.36 Å². The number of halogens is 4. The summed E-state index contributed by atoms with van der Waals surface area (Å²) in [4.78, 5) is 2.22. The van der Waals surface area contributed by atoms with Crippen molar-refractivity contribution in [3.05, 3.63) is 57.1 Å². The molecule has 0 saturated carbocycles. The van der Waals surface area contributed by atoms with Crippen LogP contribution >= 0.6 is 15.9 Å². The molecule has 0 spiro atoms. The van der Waals surface area contributed by atoms with E-state index in [-0.39, 0.29) is 17.5 Å². The number of nitrogens with zero attached hydrogens (tertiary/aromatic N) is 1. The Kier molecular flexibility index (Phi) is 6.21. The van der Waals surface area contributed by atoms with Crippen molar-refractivity contribution < 1.29 is 23.0 Å². The maximum atomic E-state index is 12.5. The molecule has 1 fully saturated rings. The summed E-state index contributed by atoms with van der Waals surface area (Å²) < 4.78 is 42.3. The summed E-state index contributed by atoms with van der Waals surface area (Å²) in [5.41, 5.74) is 3.39. The minimum Gasteiger partial charge on any atom is -0.508 e. The SMILES string of the molecule is Cc1cc(O)c([C@H](c2ccc(OC(F)(F)F)cc2)N2CCNCC2)c(C)c1Br. The highest BCUT2D eigenvalue weighted by atomic mass is 79.9. The van der Waals surface area contributed by atoms with Crippen LogP contribution in [0, 0.1) is 13.8 Å². The van der Waals surface area contributed by atoms with Gasteiger partial charge in [0.2, 0.25) is 0 Å². The smallest absolute Gasteiger partial charge is 0.508 e. The molecule has 0 amide bonds. The summed E-state index contributed by atoms with van der Waals surface area (Å²) >= 11 is 3.59. The van der Waals surface area contributed by atoms with Gasteiger partial charge in [-0.3, -0.25) is 4.90 Å². The van der Waals surface area contributed by atoms with Crippen LogP contribution in [-0.2, 0) is 0 Å². The maximum absolute atomic E-state index is 12.5. The van der Waals surface area contributed by atoms with Crippen LogP contribution in [0.25, 0.3) is 0 Å². The minimum atomic E-state index is -4.73. The number of ether oxygens (including phenoxy) is 1. The summed E-state index contributed by atoms with van der Waals surface area (Å²) in [6, 6.07) is 7.31. The Morgan fingerprint density at radius 3 is 2.32 bits per heavy atom. The Morgan fingerprint density at radius 2 is 1.75 bits per heavy atom. The second-order valence-corrected chi connectivity index (χ2v) is 7.66. The van der Waals surface area contributed by atoms with Gasteiger partial charge in [0.15, 0.2) is 0 Å². The predicted molar refractivity (Wildman–Crippen MR) is 105 cm³/mol. The summed E-state index contributed by atoms with van der Waals surface area (Å²) in [5, 5.41) is 14.0. The van der Waals surface area contributed by atoms with Crippen molar-refractivity contribution in [2.75, 3.05) is 26.2 Å². The monoisotopic (exact) mass is 458 g/mol. The number of hydrogen-bond acceptors (Lipinski definition) is 4. The summed E-state index contributed by atoms with van der Waals surface area (Å²) in [5.74, 6) is -0.0845. The molecule has 0 radical (unpaired) electrons. The van der Waals surface area contributed by atoms with E-state index >= 15 is 0 Å². The van der Waals surface area contributed by atoms with Crippen LogP contribution in [-0.4, -0.2) is 42.5 Å². The minimum absolute atomic E-state index is 0.178. The lowest BCUT2D eigenvalue weighted by molar-refractivity contribution is -0.274. The molecule has 3 rings (SSSR count). The van der Waals surface area contributed by atoms with Crippen LogP contribution in [0.1, 0.15) is 28.3 Å². The van der Waals surface area contributed by atoms with Crippen LogP contribution in [0.15, 0.2) is 34.8 Å². The standard InChI is InChI=1S/C20H22BrF3N2O2/c1-12-11-16(27)17(13(2)18(12)21)19(26-9-7-25-8-10-26)14-3-5-15(6-4-14)28-20(22,23)24/h3-6,11,19,25,27H,7-10H2,1-2H3/t19-/m0/s1. The zero-order valence-corrected chi connectivity index (χ0v) is 17.2. The number of aryl methyl sites for hydroxylation is 1. The number of hydrogen-bond donors (Lipinski definition) is 2. The Morgan fingerprint density at radius 1 is 1.14 bits per heavy atom. The van der Waals surface area contributed by atoms with E-state index in [1.807, 2.05) is 13.8 Å². The van der Waals surface area contributed by atoms with Crippen LogP contribution < -0.4 is 10.1 Å². The second-order valence-electron chi connectivity index (χ2n) is 6.87. The van der Waals surface area contributed by atoms with Gasteiger partial charge >= 0.3 is 6.36 Å². The Labute approximate surface area is 170 Å². The molecule has 1 heterocycles. The topological polar surface area (TPSA) is 44.7 Å². The molecule has 1 aliphatic heterocycles. The molecular weight excluding hydrogens is 437 g/mol. The number of alkyl halides is 3. The summed E-state index contributed by atoms with van der Waals surface area (Å²) in [6.07, 6.45) is -4.73. The van der Waals surface area contributed by atoms with Crippen molar-refractivity contribution in [3.63, 3.8) is 0 Å². The number of rotatable bonds is 4. The molecule has 8 heteroatoms. The summed E-state index contributed by atoms with van der Waals surface area (Å²) in [6.45, 7) is 6.97. The van der Waals surface area contributed by atoms with Gasteiger partial charge in [0.1, 0.15) is 11.5 Å².